The van der Waals surface area contributed by atoms with E-state index in [1.807, 2.05) is 13.8 Å². The molecule has 0 amide bonds. The van der Waals surface area contributed by atoms with Gasteiger partial charge in [0.05, 0.1) is 18.3 Å². The highest BCUT2D eigenvalue weighted by atomic mass is 19.2. The second-order valence-corrected chi connectivity index (χ2v) is 4.74. The van der Waals surface area contributed by atoms with Crippen molar-refractivity contribution in [3.8, 4) is 5.75 Å². The number of aromatic nitrogens is 1. The van der Waals surface area contributed by atoms with Gasteiger partial charge in [-0.25, -0.2) is 8.78 Å². The molecule has 0 fully saturated rings. The Hall–Kier alpha value is -2.01. The van der Waals surface area contributed by atoms with Crippen LogP contribution in [0.15, 0.2) is 36.7 Å². The molecule has 0 saturated heterocycles. The Labute approximate surface area is 116 Å². The van der Waals surface area contributed by atoms with Gasteiger partial charge in [-0.15, -0.1) is 0 Å². The summed E-state index contributed by atoms with van der Waals surface area (Å²) in [6, 6.07) is 4.83. The monoisotopic (exact) mass is 278 g/mol. The van der Waals surface area contributed by atoms with Crippen LogP contribution < -0.4 is 10.5 Å². The predicted molar refractivity (Wildman–Crippen MR) is 72.4 cm³/mol. The number of nitrogens with zero attached hydrogens (tertiary/aromatic N) is 1. The van der Waals surface area contributed by atoms with Gasteiger partial charge >= 0.3 is 0 Å². The Morgan fingerprint density at radius 3 is 2.65 bits per heavy atom. The molecular weight excluding hydrogens is 262 g/mol. The van der Waals surface area contributed by atoms with E-state index < -0.39 is 17.7 Å². The first kappa shape index (κ1) is 14.4. The minimum absolute atomic E-state index is 0.00539. The van der Waals surface area contributed by atoms with E-state index in [1.165, 1.54) is 18.3 Å². The molecule has 1 aromatic heterocycles. The van der Waals surface area contributed by atoms with Crippen LogP contribution in [-0.4, -0.2) is 11.1 Å². The maximum atomic E-state index is 13.7. The predicted octanol–water partition coefficient (Wildman–Crippen LogP) is 3.20. The Balaban J connectivity index is 2.33. The van der Waals surface area contributed by atoms with Crippen LogP contribution >= 0.6 is 0 Å². The van der Waals surface area contributed by atoms with Crippen LogP contribution in [0.1, 0.15) is 31.0 Å². The molecule has 0 radical (unpaired) electrons. The number of pyridine rings is 1. The normalized spacial score (nSPS) is 12.5. The van der Waals surface area contributed by atoms with Gasteiger partial charge in [-0.3, -0.25) is 4.98 Å². The molecule has 2 N–H and O–H groups in total. The van der Waals surface area contributed by atoms with Gasteiger partial charge in [0.15, 0.2) is 11.6 Å². The highest BCUT2D eigenvalue weighted by molar-refractivity contribution is 5.34. The van der Waals surface area contributed by atoms with Crippen molar-refractivity contribution >= 4 is 0 Å². The lowest BCUT2D eigenvalue weighted by Crippen LogP contribution is -2.15. The van der Waals surface area contributed by atoms with Crippen LogP contribution in [0.4, 0.5) is 8.78 Å². The maximum Gasteiger partial charge on any atom is 0.163 e. The molecule has 1 atom stereocenters. The number of halogens is 2. The summed E-state index contributed by atoms with van der Waals surface area (Å²) in [5, 5.41) is 0. The Bertz CT molecular complexity index is 602. The van der Waals surface area contributed by atoms with Gasteiger partial charge in [0.1, 0.15) is 5.75 Å². The van der Waals surface area contributed by atoms with Gasteiger partial charge in [0.2, 0.25) is 0 Å². The molecule has 2 aromatic rings. The average Bonchev–Trinajstić information content (AvgIpc) is 2.41. The highest BCUT2D eigenvalue weighted by Crippen LogP contribution is 2.25. The third-order valence-corrected chi connectivity index (χ3v) is 2.78. The first-order chi connectivity index (χ1) is 9.49. The van der Waals surface area contributed by atoms with E-state index in [-0.39, 0.29) is 11.7 Å². The molecule has 0 saturated carbocycles. The van der Waals surface area contributed by atoms with E-state index in [9.17, 15) is 8.78 Å². The number of hydrogen-bond donors (Lipinski definition) is 1. The van der Waals surface area contributed by atoms with E-state index in [4.69, 9.17) is 10.5 Å². The smallest absolute Gasteiger partial charge is 0.163 e. The van der Waals surface area contributed by atoms with Crippen molar-refractivity contribution in [2.45, 2.75) is 26.0 Å². The number of nitrogens with two attached hydrogens (primary N) is 1. The third-order valence-electron chi connectivity index (χ3n) is 2.78. The zero-order valence-electron chi connectivity index (χ0n) is 11.3. The first-order valence-corrected chi connectivity index (χ1v) is 6.30. The topological polar surface area (TPSA) is 48.1 Å². The number of benzene rings is 1. The van der Waals surface area contributed by atoms with E-state index in [0.717, 1.165) is 6.07 Å². The second-order valence-electron chi connectivity index (χ2n) is 4.74. The summed E-state index contributed by atoms with van der Waals surface area (Å²) in [7, 11) is 0. The van der Waals surface area contributed by atoms with Crippen molar-refractivity contribution in [1.29, 1.82) is 0 Å². The minimum Gasteiger partial charge on any atom is -0.489 e. The van der Waals surface area contributed by atoms with Crippen molar-refractivity contribution in [3.05, 3.63) is 59.4 Å². The standard InChI is InChI=1S/C15H16F2N2O/c1-9(2)20-11-6-10(7-19-8-11)15(18)12-4-3-5-13(16)14(12)17/h3-9,15H,18H2,1-2H3. The molecule has 1 unspecified atom stereocenters. The number of ether oxygens (including phenoxy) is 1. The lowest BCUT2D eigenvalue weighted by atomic mass is 10.0. The van der Waals surface area contributed by atoms with E-state index in [0.29, 0.717) is 11.3 Å². The summed E-state index contributed by atoms with van der Waals surface area (Å²) in [4.78, 5) is 4.02. The lowest BCUT2D eigenvalue weighted by molar-refractivity contribution is 0.241. The zero-order chi connectivity index (χ0) is 14.7. The molecule has 3 nitrogen and oxygen atoms in total. The van der Waals surface area contributed by atoms with Crippen molar-refractivity contribution in [2.75, 3.05) is 0 Å². The lowest BCUT2D eigenvalue weighted by Gasteiger charge is -2.15. The van der Waals surface area contributed by atoms with Gasteiger partial charge < -0.3 is 10.5 Å². The summed E-state index contributed by atoms with van der Waals surface area (Å²) in [6.45, 7) is 3.78. The van der Waals surface area contributed by atoms with E-state index in [2.05, 4.69) is 4.98 Å². The number of hydrogen-bond acceptors (Lipinski definition) is 3. The van der Waals surface area contributed by atoms with Gasteiger partial charge in [-0.2, -0.15) is 0 Å². The fraction of sp³-hybridized carbons (Fsp3) is 0.267. The van der Waals surface area contributed by atoms with Gasteiger partial charge in [0.25, 0.3) is 0 Å². The van der Waals surface area contributed by atoms with Crippen LogP contribution in [0.3, 0.4) is 0 Å². The largest absolute Gasteiger partial charge is 0.489 e. The fourth-order valence-corrected chi connectivity index (χ4v) is 1.88. The Kier molecular flexibility index (Phi) is 4.29. The van der Waals surface area contributed by atoms with Gasteiger partial charge in [-0.1, -0.05) is 12.1 Å². The third kappa shape index (κ3) is 3.11. The summed E-state index contributed by atoms with van der Waals surface area (Å²) in [6.07, 6.45) is 3.06. The molecule has 0 spiro atoms. The molecule has 5 heteroatoms. The fourth-order valence-electron chi connectivity index (χ4n) is 1.88. The molecule has 0 bridgehead atoms. The van der Waals surface area contributed by atoms with E-state index in [1.54, 1.807) is 12.3 Å². The molecule has 1 aromatic carbocycles. The zero-order valence-corrected chi connectivity index (χ0v) is 11.3. The summed E-state index contributed by atoms with van der Waals surface area (Å²) in [5.74, 6) is -1.31. The van der Waals surface area contributed by atoms with Crippen LogP contribution in [0, 0.1) is 11.6 Å². The van der Waals surface area contributed by atoms with Crippen molar-refractivity contribution in [3.63, 3.8) is 0 Å². The Morgan fingerprint density at radius 1 is 1.20 bits per heavy atom. The highest BCUT2D eigenvalue weighted by Gasteiger charge is 2.17. The average molecular weight is 278 g/mol. The van der Waals surface area contributed by atoms with E-state index >= 15 is 0 Å². The van der Waals surface area contributed by atoms with Crippen molar-refractivity contribution in [1.82, 2.24) is 4.98 Å². The Morgan fingerprint density at radius 2 is 1.95 bits per heavy atom. The van der Waals surface area contributed by atoms with Crippen LogP contribution in [0.25, 0.3) is 0 Å². The van der Waals surface area contributed by atoms with Crippen molar-refractivity contribution < 1.29 is 13.5 Å². The van der Waals surface area contributed by atoms with Crippen LogP contribution in [0.5, 0.6) is 5.75 Å². The molecule has 1 heterocycles. The molecule has 2 rings (SSSR count). The summed E-state index contributed by atoms with van der Waals surface area (Å²) < 4.78 is 32.5. The molecule has 0 aliphatic heterocycles. The van der Waals surface area contributed by atoms with Crippen LogP contribution in [0.2, 0.25) is 0 Å². The molecular formula is C15H16F2N2O. The number of rotatable bonds is 4. The molecule has 106 valence electrons. The first-order valence-electron chi connectivity index (χ1n) is 6.30. The van der Waals surface area contributed by atoms with Crippen LogP contribution in [-0.2, 0) is 0 Å². The quantitative estimate of drug-likeness (QED) is 0.934. The van der Waals surface area contributed by atoms with Crippen molar-refractivity contribution in [2.24, 2.45) is 5.73 Å². The minimum atomic E-state index is -0.935. The SMILES string of the molecule is CC(C)Oc1cncc(C(N)c2cccc(F)c2F)c1. The summed E-state index contributed by atoms with van der Waals surface area (Å²) in [5.41, 5.74) is 6.64. The van der Waals surface area contributed by atoms with Gasteiger partial charge in [0, 0.05) is 11.8 Å². The summed E-state index contributed by atoms with van der Waals surface area (Å²) >= 11 is 0. The molecule has 0 aliphatic carbocycles. The maximum absolute atomic E-state index is 13.7. The van der Waals surface area contributed by atoms with Gasteiger partial charge in [-0.05, 0) is 31.5 Å². The molecule has 20 heavy (non-hydrogen) atoms. The molecule has 0 aliphatic rings. The second kappa shape index (κ2) is 5.96.